The maximum absolute atomic E-state index is 13.1. The van der Waals surface area contributed by atoms with Crippen LogP contribution in [0.15, 0.2) is 77.7 Å². The summed E-state index contributed by atoms with van der Waals surface area (Å²) >= 11 is 0. The molecule has 1 amide bonds. The van der Waals surface area contributed by atoms with Gasteiger partial charge in [-0.1, -0.05) is 48.5 Å². The zero-order chi connectivity index (χ0) is 16.9. The highest BCUT2D eigenvalue weighted by Gasteiger charge is 2.22. The molecule has 4 heteroatoms. The van der Waals surface area contributed by atoms with Crippen molar-refractivity contribution in [3.05, 3.63) is 100.0 Å². The van der Waals surface area contributed by atoms with Gasteiger partial charge < -0.3 is 9.88 Å². The molecule has 0 fully saturated rings. The van der Waals surface area contributed by atoms with Gasteiger partial charge in [-0.25, -0.2) is 0 Å². The van der Waals surface area contributed by atoms with Gasteiger partial charge in [0.1, 0.15) is 5.56 Å². The standard InChI is InChI=1S/C20H18N2O2/c1-15-12-13-21-19(23)18(15)20(24)22(17-10-6-3-7-11-17)14-16-8-4-2-5-9-16/h2-13H,14H2,1H3,(H,21,23). The summed E-state index contributed by atoms with van der Waals surface area (Å²) in [5, 5.41) is 0. The van der Waals surface area contributed by atoms with Crippen LogP contribution in [0.4, 0.5) is 5.69 Å². The number of hydrogen-bond donors (Lipinski definition) is 1. The number of anilines is 1. The molecule has 0 saturated carbocycles. The number of nitrogens with one attached hydrogen (secondary N) is 1. The number of nitrogens with zero attached hydrogens (tertiary/aromatic N) is 1. The molecule has 4 nitrogen and oxygen atoms in total. The summed E-state index contributed by atoms with van der Waals surface area (Å²) in [5.74, 6) is -0.301. The lowest BCUT2D eigenvalue weighted by molar-refractivity contribution is 0.0983. The fourth-order valence-corrected chi connectivity index (χ4v) is 2.63. The Balaban J connectivity index is 2.04. The topological polar surface area (TPSA) is 53.2 Å². The number of H-pyrrole nitrogens is 1. The van der Waals surface area contributed by atoms with Crippen LogP contribution in [0.25, 0.3) is 0 Å². The second-order valence-corrected chi connectivity index (χ2v) is 5.58. The third-order valence-electron chi connectivity index (χ3n) is 3.88. The van der Waals surface area contributed by atoms with Crippen molar-refractivity contribution in [1.29, 1.82) is 0 Å². The van der Waals surface area contributed by atoms with E-state index in [1.165, 1.54) is 0 Å². The van der Waals surface area contributed by atoms with Crippen molar-refractivity contribution in [2.45, 2.75) is 13.5 Å². The molecule has 0 spiro atoms. The lowest BCUT2D eigenvalue weighted by atomic mass is 10.1. The van der Waals surface area contributed by atoms with Crippen LogP contribution in [0.3, 0.4) is 0 Å². The third kappa shape index (κ3) is 3.27. The van der Waals surface area contributed by atoms with Gasteiger partial charge in [-0.2, -0.15) is 0 Å². The van der Waals surface area contributed by atoms with Gasteiger partial charge in [0.25, 0.3) is 11.5 Å². The molecule has 0 bridgehead atoms. The highest BCUT2D eigenvalue weighted by atomic mass is 16.2. The lowest BCUT2D eigenvalue weighted by Gasteiger charge is -2.23. The molecule has 0 radical (unpaired) electrons. The first-order valence-electron chi connectivity index (χ1n) is 7.76. The van der Waals surface area contributed by atoms with Crippen molar-refractivity contribution >= 4 is 11.6 Å². The fourth-order valence-electron chi connectivity index (χ4n) is 2.63. The molecule has 1 heterocycles. The van der Waals surface area contributed by atoms with Crippen molar-refractivity contribution in [3.63, 3.8) is 0 Å². The first-order chi connectivity index (χ1) is 11.7. The van der Waals surface area contributed by atoms with E-state index in [-0.39, 0.29) is 17.0 Å². The summed E-state index contributed by atoms with van der Waals surface area (Å²) in [6, 6.07) is 20.9. The molecule has 0 saturated heterocycles. The molecule has 2 aromatic carbocycles. The van der Waals surface area contributed by atoms with Gasteiger partial charge in [0, 0.05) is 11.9 Å². The Kier molecular flexibility index (Phi) is 4.57. The number of benzene rings is 2. The van der Waals surface area contributed by atoms with Crippen molar-refractivity contribution in [1.82, 2.24) is 4.98 Å². The SMILES string of the molecule is Cc1cc[nH]c(=O)c1C(=O)N(Cc1ccccc1)c1ccccc1. The van der Waals surface area contributed by atoms with E-state index in [0.29, 0.717) is 12.1 Å². The number of aromatic amines is 1. The van der Waals surface area contributed by atoms with E-state index in [9.17, 15) is 9.59 Å². The van der Waals surface area contributed by atoms with Gasteiger partial charge in [0.2, 0.25) is 0 Å². The molecule has 120 valence electrons. The molecule has 1 aromatic heterocycles. The molecular weight excluding hydrogens is 300 g/mol. The van der Waals surface area contributed by atoms with Crippen molar-refractivity contribution in [2.75, 3.05) is 4.90 Å². The van der Waals surface area contributed by atoms with Crippen molar-refractivity contribution < 1.29 is 4.79 Å². The van der Waals surface area contributed by atoms with Gasteiger partial charge in [-0.05, 0) is 36.2 Å². The number of carbonyl (C=O) groups is 1. The number of pyridine rings is 1. The fraction of sp³-hybridized carbons (Fsp3) is 0.100. The van der Waals surface area contributed by atoms with Gasteiger partial charge in [-0.3, -0.25) is 9.59 Å². The zero-order valence-electron chi connectivity index (χ0n) is 13.4. The van der Waals surface area contributed by atoms with Crippen LogP contribution < -0.4 is 10.5 Å². The molecule has 0 aliphatic heterocycles. The average Bonchev–Trinajstić information content (AvgIpc) is 2.61. The van der Waals surface area contributed by atoms with Crippen LogP contribution >= 0.6 is 0 Å². The summed E-state index contributed by atoms with van der Waals surface area (Å²) in [5.41, 5.74) is 2.23. The van der Waals surface area contributed by atoms with Gasteiger partial charge in [-0.15, -0.1) is 0 Å². The predicted molar refractivity (Wildman–Crippen MR) is 95.2 cm³/mol. The van der Waals surface area contributed by atoms with Gasteiger partial charge >= 0.3 is 0 Å². The largest absolute Gasteiger partial charge is 0.328 e. The Bertz CT molecular complexity index is 886. The number of carbonyl (C=O) groups excluding carboxylic acids is 1. The molecule has 3 aromatic rings. The normalized spacial score (nSPS) is 10.4. The van der Waals surface area contributed by atoms with E-state index < -0.39 is 0 Å². The summed E-state index contributed by atoms with van der Waals surface area (Å²) in [7, 11) is 0. The number of para-hydroxylation sites is 1. The van der Waals surface area contributed by atoms with Crippen LogP contribution in [-0.2, 0) is 6.54 Å². The van der Waals surface area contributed by atoms with E-state index in [0.717, 1.165) is 11.3 Å². The number of aryl methyl sites for hydroxylation is 1. The summed E-state index contributed by atoms with van der Waals surface area (Å²) < 4.78 is 0. The maximum Gasteiger partial charge on any atom is 0.264 e. The highest BCUT2D eigenvalue weighted by molar-refractivity contribution is 6.06. The van der Waals surface area contributed by atoms with E-state index in [1.54, 1.807) is 24.1 Å². The van der Waals surface area contributed by atoms with Crippen LogP contribution in [0.1, 0.15) is 21.5 Å². The molecule has 0 atom stereocenters. The summed E-state index contributed by atoms with van der Waals surface area (Å²) in [6.07, 6.45) is 1.55. The quantitative estimate of drug-likeness (QED) is 0.800. The molecule has 0 aliphatic rings. The predicted octanol–water partition coefficient (Wildman–Crippen LogP) is 3.53. The van der Waals surface area contributed by atoms with Crippen LogP contribution in [0.2, 0.25) is 0 Å². The summed E-state index contributed by atoms with van der Waals surface area (Å²) in [6.45, 7) is 2.17. The third-order valence-corrected chi connectivity index (χ3v) is 3.88. The lowest BCUT2D eigenvalue weighted by Crippen LogP contribution is -2.35. The van der Waals surface area contributed by atoms with Crippen LogP contribution in [0, 0.1) is 6.92 Å². The molecule has 0 unspecified atom stereocenters. The van der Waals surface area contributed by atoms with Gasteiger partial charge in [0.15, 0.2) is 0 Å². The molecule has 0 aliphatic carbocycles. The first-order valence-corrected chi connectivity index (χ1v) is 7.76. The maximum atomic E-state index is 13.1. The molecule has 1 N–H and O–H groups in total. The Hall–Kier alpha value is -3.14. The number of hydrogen-bond acceptors (Lipinski definition) is 2. The number of amides is 1. The van der Waals surface area contributed by atoms with E-state index >= 15 is 0 Å². The van der Waals surface area contributed by atoms with Crippen molar-refractivity contribution in [2.24, 2.45) is 0 Å². The second-order valence-electron chi connectivity index (χ2n) is 5.58. The van der Waals surface area contributed by atoms with Crippen molar-refractivity contribution in [3.8, 4) is 0 Å². The smallest absolute Gasteiger partial charge is 0.264 e. The highest BCUT2D eigenvalue weighted by Crippen LogP contribution is 2.20. The van der Waals surface area contributed by atoms with E-state index in [4.69, 9.17) is 0 Å². The molecular formula is C20H18N2O2. The van der Waals surface area contributed by atoms with E-state index in [1.807, 2.05) is 60.7 Å². The summed E-state index contributed by atoms with van der Waals surface area (Å²) in [4.78, 5) is 29.5. The minimum Gasteiger partial charge on any atom is -0.328 e. The number of rotatable bonds is 4. The van der Waals surface area contributed by atoms with E-state index in [2.05, 4.69) is 4.98 Å². The Morgan fingerprint density at radius 2 is 1.58 bits per heavy atom. The Morgan fingerprint density at radius 3 is 2.21 bits per heavy atom. The minimum atomic E-state index is -0.367. The zero-order valence-corrected chi connectivity index (χ0v) is 13.4. The second kappa shape index (κ2) is 6.96. The molecule has 3 rings (SSSR count). The van der Waals surface area contributed by atoms with Gasteiger partial charge in [0.05, 0.1) is 6.54 Å². The Morgan fingerprint density at radius 1 is 0.958 bits per heavy atom. The monoisotopic (exact) mass is 318 g/mol. The average molecular weight is 318 g/mol. The van der Waals surface area contributed by atoms with Crippen LogP contribution in [-0.4, -0.2) is 10.9 Å². The molecule has 24 heavy (non-hydrogen) atoms. The first kappa shape index (κ1) is 15.7. The van der Waals surface area contributed by atoms with Crippen LogP contribution in [0.5, 0.6) is 0 Å². The number of aromatic nitrogens is 1. The Labute approximate surface area is 140 Å². The minimum absolute atomic E-state index is 0.178.